The van der Waals surface area contributed by atoms with E-state index in [1.54, 1.807) is 0 Å². The molecule has 8 nitrogen and oxygen atoms in total. The number of unbranched alkanes of at least 4 members (excludes halogenated alkanes) is 6. The Balaban J connectivity index is 1.05. The van der Waals surface area contributed by atoms with Gasteiger partial charge in [-0.25, -0.2) is 14.4 Å². The topological polar surface area (TPSA) is 108 Å². The first-order valence-electron chi connectivity index (χ1n) is 19.6. The van der Waals surface area contributed by atoms with Gasteiger partial charge < -0.3 is 24.1 Å². The number of esters is 3. The molecule has 0 aromatic heterocycles. The quantitative estimate of drug-likeness (QED) is 0.0422. The second-order valence-corrected chi connectivity index (χ2v) is 14.5. The standard InChI is InChI=1S/C44H60O8/c1-3-41(45)49-31-11-7-5-9-13-33-15-19-37(20-16-33)43(47)51-39-27-23-35(24-28-39)36-25-29-40(30-26-36)52-44(48)38-21-17-34(18-22-38)14-10-6-8-12-32-50-42(46)4-2/h3-4,15-22,35-36,39-40,43,47H,1-2,5-14,23-32H2. The Morgan fingerprint density at radius 3 is 1.54 bits per heavy atom. The Labute approximate surface area is 311 Å². The van der Waals surface area contributed by atoms with Crippen LogP contribution in [0.1, 0.15) is 136 Å². The van der Waals surface area contributed by atoms with E-state index in [-0.39, 0.29) is 30.1 Å². The summed E-state index contributed by atoms with van der Waals surface area (Å²) in [4.78, 5) is 35.0. The van der Waals surface area contributed by atoms with E-state index in [0.717, 1.165) is 121 Å². The largest absolute Gasteiger partial charge is 0.463 e. The molecule has 2 aliphatic carbocycles. The number of carbonyl (C=O) groups excluding carboxylic acids is 3. The summed E-state index contributed by atoms with van der Waals surface area (Å²) >= 11 is 0. The number of aliphatic hydroxyl groups excluding tert-OH is 1. The van der Waals surface area contributed by atoms with Crippen molar-refractivity contribution in [1.29, 1.82) is 0 Å². The first-order valence-corrected chi connectivity index (χ1v) is 19.6. The molecule has 1 unspecified atom stereocenters. The summed E-state index contributed by atoms with van der Waals surface area (Å²) in [5.74, 6) is 0.361. The molecule has 0 saturated heterocycles. The molecule has 1 atom stereocenters. The maximum absolute atomic E-state index is 12.9. The molecule has 2 aromatic carbocycles. The molecule has 2 aromatic rings. The number of hydrogen-bond acceptors (Lipinski definition) is 8. The van der Waals surface area contributed by atoms with E-state index in [2.05, 4.69) is 25.3 Å². The Morgan fingerprint density at radius 1 is 0.615 bits per heavy atom. The number of rotatable bonds is 22. The van der Waals surface area contributed by atoms with Crippen LogP contribution >= 0.6 is 0 Å². The van der Waals surface area contributed by atoms with Crippen LogP contribution < -0.4 is 0 Å². The van der Waals surface area contributed by atoms with Crippen molar-refractivity contribution in [2.24, 2.45) is 11.8 Å². The van der Waals surface area contributed by atoms with Crippen molar-refractivity contribution in [2.75, 3.05) is 13.2 Å². The summed E-state index contributed by atoms with van der Waals surface area (Å²) in [5.41, 5.74) is 3.87. The van der Waals surface area contributed by atoms with E-state index in [1.165, 1.54) is 23.3 Å². The van der Waals surface area contributed by atoms with Crippen LogP contribution in [0.3, 0.4) is 0 Å². The SMILES string of the molecule is C=CC(=O)OCCCCCCc1ccc(C(=O)OC2CCC(C3CCC(OC(O)c4ccc(CCCCCCOC(=O)C=C)cc4)CC3)CC2)cc1. The van der Waals surface area contributed by atoms with Gasteiger partial charge >= 0.3 is 17.9 Å². The molecule has 2 saturated carbocycles. The van der Waals surface area contributed by atoms with Gasteiger partial charge in [0.15, 0.2) is 6.29 Å². The number of ether oxygens (including phenoxy) is 4. The van der Waals surface area contributed by atoms with Crippen LogP contribution in [-0.2, 0) is 41.4 Å². The van der Waals surface area contributed by atoms with E-state index in [4.69, 9.17) is 18.9 Å². The molecule has 2 fully saturated rings. The molecule has 0 amide bonds. The molecule has 0 radical (unpaired) electrons. The first-order chi connectivity index (χ1) is 25.3. The van der Waals surface area contributed by atoms with Crippen molar-refractivity contribution in [3.05, 3.63) is 96.1 Å². The van der Waals surface area contributed by atoms with Crippen LogP contribution in [0.25, 0.3) is 0 Å². The van der Waals surface area contributed by atoms with Gasteiger partial charge in [0.25, 0.3) is 0 Å². The van der Waals surface area contributed by atoms with Crippen molar-refractivity contribution < 1.29 is 38.4 Å². The Bertz CT molecular complexity index is 1370. The minimum atomic E-state index is -0.909. The second-order valence-electron chi connectivity index (χ2n) is 14.5. The van der Waals surface area contributed by atoms with E-state index >= 15 is 0 Å². The smallest absolute Gasteiger partial charge is 0.338 e. The van der Waals surface area contributed by atoms with Crippen LogP contribution in [0, 0.1) is 11.8 Å². The summed E-state index contributed by atoms with van der Waals surface area (Å²) < 4.78 is 22.1. The molecule has 8 heteroatoms. The van der Waals surface area contributed by atoms with Gasteiger partial charge in [-0.05, 0) is 125 Å². The van der Waals surface area contributed by atoms with Crippen molar-refractivity contribution in [2.45, 2.75) is 134 Å². The number of aryl methyl sites for hydroxylation is 2. The van der Waals surface area contributed by atoms with Crippen LogP contribution in [0.5, 0.6) is 0 Å². The lowest BCUT2D eigenvalue weighted by Gasteiger charge is -2.38. The molecular weight excluding hydrogens is 656 g/mol. The maximum atomic E-state index is 12.9. The fourth-order valence-electron chi connectivity index (χ4n) is 7.54. The summed E-state index contributed by atoms with van der Waals surface area (Å²) in [6.45, 7) is 7.68. The molecule has 0 bridgehead atoms. The summed E-state index contributed by atoms with van der Waals surface area (Å²) in [6, 6.07) is 15.9. The molecule has 0 aliphatic heterocycles. The third-order valence-corrected chi connectivity index (χ3v) is 10.7. The summed E-state index contributed by atoms with van der Waals surface area (Å²) in [5, 5.41) is 10.8. The second kappa shape index (κ2) is 23.0. The van der Waals surface area contributed by atoms with Crippen LogP contribution in [0.4, 0.5) is 0 Å². The molecular formula is C44H60O8. The molecule has 0 heterocycles. The number of hydrogen-bond donors (Lipinski definition) is 1. The average molecular weight is 717 g/mol. The van der Waals surface area contributed by atoms with Crippen LogP contribution in [0.2, 0.25) is 0 Å². The third-order valence-electron chi connectivity index (χ3n) is 10.7. The van der Waals surface area contributed by atoms with Crippen LogP contribution in [-0.4, -0.2) is 48.4 Å². The predicted octanol–water partition coefficient (Wildman–Crippen LogP) is 9.33. The normalized spacial score (nSPS) is 20.7. The lowest BCUT2D eigenvalue weighted by atomic mass is 9.72. The highest BCUT2D eigenvalue weighted by molar-refractivity contribution is 5.89. The minimum absolute atomic E-state index is 0.0176. The zero-order valence-electron chi connectivity index (χ0n) is 31.0. The van der Waals surface area contributed by atoms with Gasteiger partial charge in [0.2, 0.25) is 0 Å². The Morgan fingerprint density at radius 2 is 1.06 bits per heavy atom. The summed E-state index contributed by atoms with van der Waals surface area (Å²) in [7, 11) is 0. The van der Waals surface area contributed by atoms with Crippen LogP contribution in [0.15, 0.2) is 73.8 Å². The van der Waals surface area contributed by atoms with E-state index < -0.39 is 6.29 Å². The third kappa shape index (κ3) is 14.7. The molecule has 1 N–H and O–H groups in total. The van der Waals surface area contributed by atoms with Crippen molar-refractivity contribution >= 4 is 17.9 Å². The highest BCUT2D eigenvalue weighted by Gasteiger charge is 2.33. The zero-order chi connectivity index (χ0) is 37.0. The van der Waals surface area contributed by atoms with Gasteiger partial charge in [-0.2, -0.15) is 0 Å². The molecule has 4 rings (SSSR count). The van der Waals surface area contributed by atoms with Gasteiger partial charge in [-0.1, -0.05) is 75.2 Å². The lowest BCUT2D eigenvalue weighted by Crippen LogP contribution is -2.31. The molecule has 0 spiro atoms. The predicted molar refractivity (Wildman–Crippen MR) is 202 cm³/mol. The number of benzene rings is 2. The van der Waals surface area contributed by atoms with Crippen molar-refractivity contribution in [3.63, 3.8) is 0 Å². The minimum Gasteiger partial charge on any atom is -0.463 e. The van der Waals surface area contributed by atoms with E-state index in [1.807, 2.05) is 36.4 Å². The van der Waals surface area contributed by atoms with Crippen molar-refractivity contribution in [1.82, 2.24) is 0 Å². The fourth-order valence-corrected chi connectivity index (χ4v) is 7.54. The van der Waals surface area contributed by atoms with Gasteiger partial charge in [0.1, 0.15) is 6.10 Å². The summed E-state index contributed by atoms with van der Waals surface area (Å²) in [6.07, 6.45) is 19.6. The first kappa shape index (κ1) is 41.0. The van der Waals surface area contributed by atoms with Crippen molar-refractivity contribution in [3.8, 4) is 0 Å². The number of aliphatic hydroxyl groups is 1. The van der Waals surface area contributed by atoms with Gasteiger partial charge in [0.05, 0.1) is 24.9 Å². The lowest BCUT2D eigenvalue weighted by molar-refractivity contribution is -0.151. The zero-order valence-corrected chi connectivity index (χ0v) is 31.0. The Kier molecular flexibility index (Phi) is 18.2. The average Bonchev–Trinajstić information content (AvgIpc) is 3.18. The van der Waals surface area contributed by atoms with Gasteiger partial charge in [0, 0.05) is 17.7 Å². The van der Waals surface area contributed by atoms with Gasteiger partial charge in [-0.3, -0.25) is 0 Å². The number of carbonyl (C=O) groups is 3. The highest BCUT2D eigenvalue weighted by Crippen LogP contribution is 2.40. The van der Waals surface area contributed by atoms with E-state index in [0.29, 0.717) is 30.6 Å². The fraction of sp³-hybridized carbons (Fsp3) is 0.568. The molecule has 52 heavy (non-hydrogen) atoms. The Hall–Kier alpha value is -3.75. The molecule has 284 valence electrons. The maximum Gasteiger partial charge on any atom is 0.338 e. The monoisotopic (exact) mass is 716 g/mol. The molecule has 2 aliphatic rings. The van der Waals surface area contributed by atoms with E-state index in [9.17, 15) is 19.5 Å². The van der Waals surface area contributed by atoms with Gasteiger partial charge in [-0.15, -0.1) is 0 Å². The highest BCUT2D eigenvalue weighted by atomic mass is 16.6.